The first-order valence-corrected chi connectivity index (χ1v) is 4.76. The Morgan fingerprint density at radius 3 is 2.31 bits per heavy atom. The summed E-state index contributed by atoms with van der Waals surface area (Å²) in [6.45, 7) is 1.68. The molecular formula is C8H16BNO3. The summed E-state index contributed by atoms with van der Waals surface area (Å²) in [7, 11) is -0.494. The average Bonchev–Trinajstić information content (AvgIpc) is 2.04. The van der Waals surface area contributed by atoms with E-state index in [1.54, 1.807) is 6.82 Å². The highest BCUT2D eigenvalue weighted by Crippen LogP contribution is 2.24. The van der Waals surface area contributed by atoms with Crippen molar-refractivity contribution < 1.29 is 14.9 Å². The number of aliphatic carboxylic acids is 1. The molecule has 1 fully saturated rings. The number of rotatable bonds is 3. The maximum atomic E-state index is 10.6. The number of hydrogen-bond acceptors (Lipinski definition) is 3. The number of carboxylic acid groups (broad SMARTS) is 1. The fourth-order valence-electron chi connectivity index (χ4n) is 1.85. The van der Waals surface area contributed by atoms with E-state index in [1.807, 2.05) is 0 Å². The molecule has 4 nitrogen and oxygen atoms in total. The Labute approximate surface area is 78.5 Å². The van der Waals surface area contributed by atoms with Crippen LogP contribution in [0.15, 0.2) is 0 Å². The Morgan fingerprint density at radius 1 is 1.38 bits per heavy atom. The van der Waals surface area contributed by atoms with Gasteiger partial charge in [-0.1, -0.05) is 0 Å². The average molecular weight is 185 g/mol. The Hall–Kier alpha value is -0.545. The third kappa shape index (κ3) is 3.36. The SMILES string of the molecule is CB(O)NC1CCC(C(=O)O)CC1. The molecule has 0 aromatic carbocycles. The quantitative estimate of drug-likeness (QED) is 0.554. The second kappa shape index (κ2) is 4.62. The lowest BCUT2D eigenvalue weighted by molar-refractivity contribution is -0.142. The Morgan fingerprint density at radius 2 is 1.92 bits per heavy atom. The van der Waals surface area contributed by atoms with Gasteiger partial charge in [-0.15, -0.1) is 0 Å². The van der Waals surface area contributed by atoms with Crippen molar-refractivity contribution in [3.63, 3.8) is 0 Å². The van der Waals surface area contributed by atoms with Crippen molar-refractivity contribution in [1.29, 1.82) is 0 Å². The molecule has 1 rings (SSSR count). The van der Waals surface area contributed by atoms with E-state index < -0.39 is 13.0 Å². The van der Waals surface area contributed by atoms with Crippen molar-refractivity contribution in [2.45, 2.75) is 38.5 Å². The summed E-state index contributed by atoms with van der Waals surface area (Å²) in [6.07, 6.45) is 3.14. The van der Waals surface area contributed by atoms with Crippen LogP contribution in [-0.4, -0.2) is 29.2 Å². The molecule has 3 N–H and O–H groups in total. The topological polar surface area (TPSA) is 69.6 Å². The molecule has 0 radical (unpaired) electrons. The van der Waals surface area contributed by atoms with Gasteiger partial charge in [-0.3, -0.25) is 4.79 Å². The minimum Gasteiger partial charge on any atom is -0.481 e. The van der Waals surface area contributed by atoms with Gasteiger partial charge in [-0.05, 0) is 38.5 Å². The predicted octanol–water partition coefficient (Wildman–Crippen LogP) is 0.330. The molecule has 0 atom stereocenters. The Bertz CT molecular complexity index is 178. The van der Waals surface area contributed by atoms with Crippen molar-refractivity contribution >= 4 is 13.0 Å². The third-order valence-corrected chi connectivity index (χ3v) is 2.55. The minimum atomic E-state index is -0.685. The maximum absolute atomic E-state index is 10.6. The number of hydrogen-bond donors (Lipinski definition) is 3. The molecule has 1 aliphatic carbocycles. The van der Waals surface area contributed by atoms with Crippen LogP contribution in [0, 0.1) is 5.92 Å². The van der Waals surface area contributed by atoms with Crippen LogP contribution in [0.25, 0.3) is 0 Å². The molecule has 0 saturated heterocycles. The lowest BCUT2D eigenvalue weighted by Gasteiger charge is -2.27. The van der Waals surface area contributed by atoms with Crippen LogP contribution in [0.3, 0.4) is 0 Å². The fraction of sp³-hybridized carbons (Fsp3) is 0.875. The highest BCUT2D eigenvalue weighted by molar-refractivity contribution is 6.45. The highest BCUT2D eigenvalue weighted by Gasteiger charge is 2.26. The smallest absolute Gasteiger partial charge is 0.373 e. The van der Waals surface area contributed by atoms with Crippen LogP contribution in [0.5, 0.6) is 0 Å². The van der Waals surface area contributed by atoms with Gasteiger partial charge in [0.25, 0.3) is 0 Å². The van der Waals surface area contributed by atoms with E-state index in [0.717, 1.165) is 25.7 Å². The van der Waals surface area contributed by atoms with Gasteiger partial charge in [0.15, 0.2) is 0 Å². The van der Waals surface area contributed by atoms with E-state index in [4.69, 9.17) is 10.1 Å². The van der Waals surface area contributed by atoms with E-state index >= 15 is 0 Å². The highest BCUT2D eigenvalue weighted by atomic mass is 16.4. The second-order valence-corrected chi connectivity index (χ2v) is 3.73. The van der Waals surface area contributed by atoms with Crippen LogP contribution < -0.4 is 5.23 Å². The maximum Gasteiger partial charge on any atom is 0.373 e. The first-order valence-electron chi connectivity index (χ1n) is 4.76. The van der Waals surface area contributed by atoms with Crippen molar-refractivity contribution in [1.82, 2.24) is 5.23 Å². The van der Waals surface area contributed by atoms with Gasteiger partial charge < -0.3 is 15.4 Å². The summed E-state index contributed by atoms with van der Waals surface area (Å²) >= 11 is 0. The number of carbonyl (C=O) groups is 1. The molecule has 0 bridgehead atoms. The van der Waals surface area contributed by atoms with E-state index in [9.17, 15) is 4.79 Å². The van der Waals surface area contributed by atoms with Crippen LogP contribution >= 0.6 is 0 Å². The summed E-state index contributed by atoms with van der Waals surface area (Å²) in [5.74, 6) is -0.859. The molecule has 0 aromatic heterocycles. The zero-order chi connectivity index (χ0) is 9.84. The number of carboxylic acids is 1. The molecule has 0 aromatic rings. The molecule has 5 heteroatoms. The van der Waals surface area contributed by atoms with E-state index in [1.165, 1.54) is 0 Å². The van der Waals surface area contributed by atoms with Gasteiger partial charge >= 0.3 is 13.0 Å². The van der Waals surface area contributed by atoms with Crippen LogP contribution in [0.4, 0.5) is 0 Å². The third-order valence-electron chi connectivity index (χ3n) is 2.55. The van der Waals surface area contributed by atoms with Crippen molar-refractivity contribution in [3.8, 4) is 0 Å². The lowest BCUT2D eigenvalue weighted by Crippen LogP contribution is -2.42. The minimum absolute atomic E-state index is 0.174. The van der Waals surface area contributed by atoms with Gasteiger partial charge in [0, 0.05) is 0 Å². The summed E-state index contributed by atoms with van der Waals surface area (Å²) in [5.41, 5.74) is 0. The van der Waals surface area contributed by atoms with Crippen molar-refractivity contribution in [3.05, 3.63) is 0 Å². The zero-order valence-corrected chi connectivity index (χ0v) is 7.86. The van der Waals surface area contributed by atoms with Gasteiger partial charge in [-0.2, -0.15) is 0 Å². The first-order chi connectivity index (χ1) is 6.09. The summed E-state index contributed by atoms with van der Waals surface area (Å²) < 4.78 is 0. The fourth-order valence-corrected chi connectivity index (χ4v) is 1.85. The molecule has 1 aliphatic rings. The van der Waals surface area contributed by atoms with Gasteiger partial charge in [0.2, 0.25) is 0 Å². The van der Waals surface area contributed by atoms with E-state index in [2.05, 4.69) is 5.23 Å². The van der Waals surface area contributed by atoms with Crippen molar-refractivity contribution in [2.24, 2.45) is 5.92 Å². The van der Waals surface area contributed by atoms with Crippen LogP contribution in [-0.2, 0) is 4.79 Å². The van der Waals surface area contributed by atoms with E-state index in [0.29, 0.717) is 0 Å². The Balaban J connectivity index is 2.26. The predicted molar refractivity (Wildman–Crippen MR) is 50.4 cm³/mol. The largest absolute Gasteiger partial charge is 0.481 e. The van der Waals surface area contributed by atoms with Crippen LogP contribution in [0.2, 0.25) is 6.82 Å². The first kappa shape index (κ1) is 10.5. The standard InChI is InChI=1S/C8H16BNO3/c1-9(13)10-7-4-2-6(3-5-7)8(11)12/h6-7,10,13H,2-5H2,1H3,(H,11,12). The molecular weight excluding hydrogens is 169 g/mol. The molecule has 0 spiro atoms. The number of nitrogens with one attached hydrogen (secondary N) is 1. The normalized spacial score (nSPS) is 28.5. The molecule has 0 unspecified atom stereocenters. The van der Waals surface area contributed by atoms with Gasteiger partial charge in [0.1, 0.15) is 0 Å². The second-order valence-electron chi connectivity index (χ2n) is 3.73. The molecule has 74 valence electrons. The summed E-state index contributed by atoms with van der Waals surface area (Å²) in [4.78, 5) is 10.6. The Kier molecular flexibility index (Phi) is 3.75. The zero-order valence-electron chi connectivity index (χ0n) is 7.86. The van der Waals surface area contributed by atoms with Crippen molar-refractivity contribution in [2.75, 3.05) is 0 Å². The van der Waals surface area contributed by atoms with Gasteiger partial charge in [0.05, 0.1) is 5.92 Å². The summed E-state index contributed by atoms with van der Waals surface area (Å²) in [5, 5.41) is 20.8. The molecule has 13 heavy (non-hydrogen) atoms. The van der Waals surface area contributed by atoms with Crippen LogP contribution in [0.1, 0.15) is 25.7 Å². The molecule has 0 heterocycles. The monoisotopic (exact) mass is 185 g/mol. The van der Waals surface area contributed by atoms with E-state index in [-0.39, 0.29) is 12.0 Å². The molecule has 0 amide bonds. The molecule has 0 aliphatic heterocycles. The molecule has 1 saturated carbocycles. The lowest BCUT2D eigenvalue weighted by atomic mass is 9.80. The summed E-state index contributed by atoms with van der Waals surface area (Å²) in [6, 6.07) is 0.288. The van der Waals surface area contributed by atoms with Gasteiger partial charge in [-0.25, -0.2) is 0 Å².